The van der Waals surface area contributed by atoms with Crippen LogP contribution in [0.15, 0.2) is 48.5 Å². The van der Waals surface area contributed by atoms with Crippen molar-refractivity contribution in [1.29, 1.82) is 0 Å². The Morgan fingerprint density at radius 2 is 1.45 bits per heavy atom. The molecule has 0 radical (unpaired) electrons. The van der Waals surface area contributed by atoms with Gasteiger partial charge in [-0.15, -0.1) is 0 Å². The minimum absolute atomic E-state index is 0.325. The summed E-state index contributed by atoms with van der Waals surface area (Å²) in [4.78, 5) is 0. The second-order valence-corrected chi connectivity index (χ2v) is 4.02. The lowest BCUT2D eigenvalue weighted by Crippen LogP contribution is -2.03. The van der Waals surface area contributed by atoms with Gasteiger partial charge >= 0.3 is 0 Å². The van der Waals surface area contributed by atoms with Crippen molar-refractivity contribution in [3.63, 3.8) is 0 Å². The fourth-order valence-electron chi connectivity index (χ4n) is 1.68. The topological polar surface area (TPSA) is 55.6 Å². The summed E-state index contributed by atoms with van der Waals surface area (Å²) >= 11 is 0. The molecule has 0 unspecified atom stereocenters. The Morgan fingerprint density at radius 1 is 0.850 bits per heavy atom. The molecule has 0 aliphatic carbocycles. The van der Waals surface area contributed by atoms with E-state index in [0.717, 1.165) is 0 Å². The van der Waals surface area contributed by atoms with E-state index in [1.54, 1.807) is 24.3 Å². The first-order valence-corrected chi connectivity index (χ1v) is 5.79. The van der Waals surface area contributed by atoms with Gasteiger partial charge in [0.05, 0.1) is 5.69 Å². The minimum Gasteiger partial charge on any atom is -0.323 e. The Morgan fingerprint density at radius 3 is 2.10 bits per heavy atom. The molecule has 0 saturated carbocycles. The smallest absolute Gasteiger partial charge is 0.252 e. The van der Waals surface area contributed by atoms with E-state index in [0.29, 0.717) is 17.3 Å². The van der Waals surface area contributed by atoms with Gasteiger partial charge in [-0.05, 0) is 59.0 Å². The number of rotatable bonds is 3. The summed E-state index contributed by atoms with van der Waals surface area (Å²) in [6.07, 6.45) is 0. The summed E-state index contributed by atoms with van der Waals surface area (Å²) in [7, 11) is 0. The molecule has 5 nitrogen and oxygen atoms in total. The van der Waals surface area contributed by atoms with Gasteiger partial charge < -0.3 is 5.32 Å². The molecular formula is C13H9F2N5. The molecule has 1 aromatic heterocycles. The van der Waals surface area contributed by atoms with E-state index < -0.39 is 0 Å². The van der Waals surface area contributed by atoms with Gasteiger partial charge in [-0.25, -0.2) is 8.78 Å². The molecule has 3 rings (SSSR count). The fraction of sp³-hybridized carbons (Fsp3) is 0. The largest absolute Gasteiger partial charge is 0.323 e. The zero-order chi connectivity index (χ0) is 13.9. The monoisotopic (exact) mass is 273 g/mol. The number of aromatic nitrogens is 4. The average Bonchev–Trinajstić information content (AvgIpc) is 2.90. The van der Waals surface area contributed by atoms with Crippen molar-refractivity contribution in [2.45, 2.75) is 0 Å². The van der Waals surface area contributed by atoms with Crippen molar-refractivity contribution in [2.24, 2.45) is 0 Å². The summed E-state index contributed by atoms with van der Waals surface area (Å²) in [5.41, 5.74) is 1.26. The zero-order valence-corrected chi connectivity index (χ0v) is 10.2. The second kappa shape index (κ2) is 5.04. The van der Waals surface area contributed by atoms with E-state index in [-0.39, 0.29) is 11.6 Å². The van der Waals surface area contributed by atoms with Crippen molar-refractivity contribution in [1.82, 2.24) is 20.2 Å². The van der Waals surface area contributed by atoms with Gasteiger partial charge in [0.25, 0.3) is 5.95 Å². The first kappa shape index (κ1) is 12.2. The van der Waals surface area contributed by atoms with Gasteiger partial charge in [0.2, 0.25) is 0 Å². The van der Waals surface area contributed by atoms with Crippen LogP contribution in [0.1, 0.15) is 0 Å². The van der Waals surface area contributed by atoms with Crippen LogP contribution in [0, 0.1) is 11.6 Å². The molecule has 20 heavy (non-hydrogen) atoms. The summed E-state index contributed by atoms with van der Waals surface area (Å²) < 4.78 is 27.2. The molecule has 0 fully saturated rings. The van der Waals surface area contributed by atoms with Crippen LogP contribution >= 0.6 is 0 Å². The highest BCUT2D eigenvalue weighted by molar-refractivity contribution is 5.54. The Balaban J connectivity index is 1.90. The molecule has 0 amide bonds. The standard InChI is InChI=1S/C13H9F2N5/c14-9-1-5-11(6-2-9)16-13-17-18-19-20(13)12-7-3-10(15)4-8-12/h1-8H,(H,16,17,19). The molecule has 0 aliphatic rings. The molecule has 0 spiro atoms. The maximum atomic E-state index is 12.9. The van der Waals surface area contributed by atoms with Gasteiger partial charge in [0.1, 0.15) is 11.6 Å². The summed E-state index contributed by atoms with van der Waals surface area (Å²) in [6.45, 7) is 0. The first-order chi connectivity index (χ1) is 9.72. The van der Waals surface area contributed by atoms with Crippen LogP contribution in [-0.4, -0.2) is 20.2 Å². The molecule has 2 aromatic carbocycles. The molecule has 3 aromatic rings. The summed E-state index contributed by atoms with van der Waals surface area (Å²) in [5.74, 6) is -0.313. The number of benzene rings is 2. The van der Waals surface area contributed by atoms with Gasteiger partial charge in [-0.1, -0.05) is 5.10 Å². The third-order valence-electron chi connectivity index (χ3n) is 2.64. The summed E-state index contributed by atoms with van der Waals surface area (Å²) in [5, 5.41) is 14.2. The van der Waals surface area contributed by atoms with Crippen molar-refractivity contribution in [3.8, 4) is 5.69 Å². The highest BCUT2D eigenvalue weighted by atomic mass is 19.1. The van der Waals surface area contributed by atoms with Crippen molar-refractivity contribution < 1.29 is 8.78 Å². The maximum Gasteiger partial charge on any atom is 0.252 e. The third-order valence-corrected chi connectivity index (χ3v) is 2.64. The molecule has 0 bridgehead atoms. The van der Waals surface area contributed by atoms with Crippen LogP contribution in [0.5, 0.6) is 0 Å². The Bertz CT molecular complexity index is 706. The third kappa shape index (κ3) is 2.46. The van der Waals surface area contributed by atoms with E-state index in [1.165, 1.54) is 28.9 Å². The van der Waals surface area contributed by atoms with Gasteiger partial charge in [-0.3, -0.25) is 0 Å². The molecule has 0 aliphatic heterocycles. The average molecular weight is 273 g/mol. The molecular weight excluding hydrogens is 264 g/mol. The highest BCUT2D eigenvalue weighted by Gasteiger charge is 2.08. The predicted octanol–water partition coefficient (Wildman–Crippen LogP) is 2.68. The lowest BCUT2D eigenvalue weighted by molar-refractivity contribution is 0.626. The predicted molar refractivity (Wildman–Crippen MR) is 68.8 cm³/mol. The number of anilines is 2. The molecule has 1 heterocycles. The number of tetrazole rings is 1. The highest BCUT2D eigenvalue weighted by Crippen LogP contribution is 2.17. The van der Waals surface area contributed by atoms with Gasteiger partial charge in [0.15, 0.2) is 0 Å². The van der Waals surface area contributed by atoms with Crippen LogP contribution in [0.4, 0.5) is 20.4 Å². The van der Waals surface area contributed by atoms with E-state index in [2.05, 4.69) is 20.8 Å². The van der Waals surface area contributed by atoms with Crippen molar-refractivity contribution in [2.75, 3.05) is 5.32 Å². The Hall–Kier alpha value is -2.83. The number of halogens is 2. The molecule has 0 atom stereocenters. The van der Waals surface area contributed by atoms with Crippen LogP contribution in [0.2, 0.25) is 0 Å². The number of hydrogen-bond donors (Lipinski definition) is 1. The number of hydrogen-bond acceptors (Lipinski definition) is 4. The normalized spacial score (nSPS) is 10.5. The Labute approximate surface area is 112 Å². The quantitative estimate of drug-likeness (QED) is 0.797. The van der Waals surface area contributed by atoms with Crippen molar-refractivity contribution in [3.05, 3.63) is 60.2 Å². The van der Waals surface area contributed by atoms with Crippen molar-refractivity contribution >= 4 is 11.6 Å². The SMILES string of the molecule is Fc1ccc(Nc2nnnn2-c2ccc(F)cc2)cc1. The summed E-state index contributed by atoms with van der Waals surface area (Å²) in [6, 6.07) is 11.5. The molecule has 1 N–H and O–H groups in total. The zero-order valence-electron chi connectivity index (χ0n) is 10.2. The molecule has 7 heteroatoms. The van der Waals surface area contributed by atoms with E-state index in [1.807, 2.05) is 0 Å². The second-order valence-electron chi connectivity index (χ2n) is 4.02. The lowest BCUT2D eigenvalue weighted by atomic mass is 10.3. The first-order valence-electron chi connectivity index (χ1n) is 5.79. The van der Waals surface area contributed by atoms with Gasteiger partial charge in [-0.2, -0.15) is 4.68 Å². The Kier molecular flexibility index (Phi) is 3.08. The van der Waals surface area contributed by atoms with E-state index in [9.17, 15) is 8.78 Å². The number of nitrogens with zero attached hydrogens (tertiary/aromatic N) is 4. The fourth-order valence-corrected chi connectivity index (χ4v) is 1.68. The van der Waals surface area contributed by atoms with Crippen LogP contribution in [0.25, 0.3) is 5.69 Å². The van der Waals surface area contributed by atoms with Crippen LogP contribution < -0.4 is 5.32 Å². The molecule has 100 valence electrons. The maximum absolute atomic E-state index is 12.9. The number of nitrogens with one attached hydrogen (secondary N) is 1. The van der Waals surface area contributed by atoms with Gasteiger partial charge in [0, 0.05) is 5.69 Å². The van der Waals surface area contributed by atoms with E-state index in [4.69, 9.17) is 0 Å². The molecule has 0 saturated heterocycles. The van der Waals surface area contributed by atoms with Crippen LogP contribution in [0.3, 0.4) is 0 Å². The lowest BCUT2D eigenvalue weighted by Gasteiger charge is -2.06. The van der Waals surface area contributed by atoms with E-state index >= 15 is 0 Å². The van der Waals surface area contributed by atoms with Crippen LogP contribution in [-0.2, 0) is 0 Å². The minimum atomic E-state index is -0.338.